The van der Waals surface area contributed by atoms with Gasteiger partial charge in [0.15, 0.2) is 0 Å². The molecule has 6 nitrogen and oxygen atoms in total. The number of ether oxygens (including phenoxy) is 1. The van der Waals surface area contributed by atoms with Gasteiger partial charge in [-0.15, -0.1) is 0 Å². The zero-order chi connectivity index (χ0) is 14.4. The first-order chi connectivity index (χ1) is 9.65. The molecule has 0 spiro atoms. The summed E-state index contributed by atoms with van der Waals surface area (Å²) in [7, 11) is 0. The molecule has 6 heteroatoms. The first-order valence-corrected chi connectivity index (χ1v) is 7.51. The summed E-state index contributed by atoms with van der Waals surface area (Å²) in [4.78, 5) is 27.1. The summed E-state index contributed by atoms with van der Waals surface area (Å²) < 4.78 is 5.47. The Morgan fingerprint density at radius 1 is 1.25 bits per heavy atom. The molecule has 2 rings (SSSR count). The second-order valence-electron chi connectivity index (χ2n) is 5.54. The van der Waals surface area contributed by atoms with Crippen molar-refractivity contribution in [2.45, 2.75) is 32.3 Å². The SMILES string of the molecule is CC(=O)N1CCN(CCC(=O)NCC2CCCO2)CC1. The maximum atomic E-state index is 11.8. The minimum absolute atomic E-state index is 0.0921. The van der Waals surface area contributed by atoms with Crippen molar-refractivity contribution in [3.8, 4) is 0 Å². The van der Waals surface area contributed by atoms with E-state index in [0.29, 0.717) is 13.0 Å². The van der Waals surface area contributed by atoms with Crippen molar-refractivity contribution in [2.75, 3.05) is 45.9 Å². The van der Waals surface area contributed by atoms with Crippen LogP contribution in [-0.2, 0) is 14.3 Å². The van der Waals surface area contributed by atoms with E-state index in [0.717, 1.165) is 52.2 Å². The number of hydrogen-bond donors (Lipinski definition) is 1. The largest absolute Gasteiger partial charge is 0.376 e. The zero-order valence-corrected chi connectivity index (χ0v) is 12.3. The number of rotatable bonds is 5. The number of carbonyl (C=O) groups is 2. The van der Waals surface area contributed by atoms with Crippen LogP contribution in [0.2, 0.25) is 0 Å². The molecule has 0 aliphatic carbocycles. The van der Waals surface area contributed by atoms with E-state index in [-0.39, 0.29) is 17.9 Å². The van der Waals surface area contributed by atoms with Gasteiger partial charge in [0.1, 0.15) is 0 Å². The van der Waals surface area contributed by atoms with Crippen molar-refractivity contribution in [2.24, 2.45) is 0 Å². The quantitative estimate of drug-likeness (QED) is 0.761. The monoisotopic (exact) mass is 283 g/mol. The Balaban J connectivity index is 1.56. The Morgan fingerprint density at radius 3 is 2.60 bits per heavy atom. The number of piperazine rings is 1. The molecule has 2 fully saturated rings. The summed E-state index contributed by atoms with van der Waals surface area (Å²) in [6, 6.07) is 0. The van der Waals surface area contributed by atoms with Gasteiger partial charge in [0.2, 0.25) is 11.8 Å². The van der Waals surface area contributed by atoms with Gasteiger partial charge in [0.25, 0.3) is 0 Å². The van der Waals surface area contributed by atoms with Crippen LogP contribution in [0.15, 0.2) is 0 Å². The van der Waals surface area contributed by atoms with Gasteiger partial charge >= 0.3 is 0 Å². The van der Waals surface area contributed by atoms with E-state index < -0.39 is 0 Å². The Morgan fingerprint density at radius 2 is 2.00 bits per heavy atom. The average molecular weight is 283 g/mol. The standard InChI is InChI=1S/C14H25N3O3/c1-12(18)17-8-6-16(7-9-17)5-4-14(19)15-11-13-3-2-10-20-13/h13H,2-11H2,1H3,(H,15,19). The Bertz CT molecular complexity index is 335. The lowest BCUT2D eigenvalue weighted by Gasteiger charge is -2.34. The molecule has 2 aliphatic heterocycles. The van der Waals surface area contributed by atoms with Crippen LogP contribution in [0, 0.1) is 0 Å². The van der Waals surface area contributed by atoms with Gasteiger partial charge in [-0.25, -0.2) is 0 Å². The Kier molecular flexibility index (Phi) is 5.79. The van der Waals surface area contributed by atoms with Crippen LogP contribution < -0.4 is 5.32 Å². The first-order valence-electron chi connectivity index (χ1n) is 7.51. The molecule has 0 aromatic rings. The van der Waals surface area contributed by atoms with Crippen molar-refractivity contribution in [3.05, 3.63) is 0 Å². The maximum absolute atomic E-state index is 11.8. The van der Waals surface area contributed by atoms with Crippen molar-refractivity contribution in [3.63, 3.8) is 0 Å². The fourth-order valence-corrected chi connectivity index (χ4v) is 2.67. The Labute approximate surface area is 120 Å². The molecule has 0 aromatic carbocycles. The lowest BCUT2D eigenvalue weighted by molar-refractivity contribution is -0.131. The van der Waals surface area contributed by atoms with Crippen LogP contribution in [0.3, 0.4) is 0 Å². The van der Waals surface area contributed by atoms with Crippen LogP contribution in [0.1, 0.15) is 26.2 Å². The lowest BCUT2D eigenvalue weighted by Crippen LogP contribution is -2.48. The fraction of sp³-hybridized carbons (Fsp3) is 0.857. The minimum Gasteiger partial charge on any atom is -0.376 e. The number of amides is 2. The maximum Gasteiger partial charge on any atom is 0.221 e. The van der Waals surface area contributed by atoms with Crippen LogP contribution in [0.5, 0.6) is 0 Å². The topological polar surface area (TPSA) is 61.9 Å². The normalized spacial score (nSPS) is 23.9. The van der Waals surface area contributed by atoms with Crippen molar-refractivity contribution in [1.29, 1.82) is 0 Å². The van der Waals surface area contributed by atoms with Gasteiger partial charge < -0.3 is 15.0 Å². The summed E-state index contributed by atoms with van der Waals surface area (Å²) in [5.41, 5.74) is 0. The van der Waals surface area contributed by atoms with E-state index in [1.165, 1.54) is 0 Å². The highest BCUT2D eigenvalue weighted by Crippen LogP contribution is 2.10. The molecule has 0 saturated carbocycles. The van der Waals surface area contributed by atoms with Crippen LogP contribution in [-0.4, -0.2) is 73.6 Å². The zero-order valence-electron chi connectivity index (χ0n) is 12.3. The number of nitrogens with zero attached hydrogens (tertiary/aromatic N) is 2. The Hall–Kier alpha value is -1.14. The third-order valence-corrected chi connectivity index (χ3v) is 4.02. The second-order valence-corrected chi connectivity index (χ2v) is 5.54. The summed E-state index contributed by atoms with van der Waals surface area (Å²) in [5.74, 6) is 0.230. The van der Waals surface area contributed by atoms with E-state index >= 15 is 0 Å². The number of hydrogen-bond acceptors (Lipinski definition) is 4. The van der Waals surface area contributed by atoms with Gasteiger partial charge in [0, 0.05) is 59.2 Å². The summed E-state index contributed by atoms with van der Waals surface area (Å²) >= 11 is 0. The molecule has 1 unspecified atom stereocenters. The van der Waals surface area contributed by atoms with Gasteiger partial charge in [-0.05, 0) is 12.8 Å². The highest BCUT2D eigenvalue weighted by molar-refractivity contribution is 5.76. The number of carbonyl (C=O) groups excluding carboxylic acids is 2. The molecule has 2 aliphatic rings. The second kappa shape index (κ2) is 7.59. The smallest absolute Gasteiger partial charge is 0.221 e. The minimum atomic E-state index is 0.0921. The molecular formula is C14H25N3O3. The highest BCUT2D eigenvalue weighted by Gasteiger charge is 2.19. The third kappa shape index (κ3) is 4.76. The van der Waals surface area contributed by atoms with Gasteiger partial charge in [0.05, 0.1) is 6.10 Å². The molecule has 2 amide bonds. The average Bonchev–Trinajstić information content (AvgIpc) is 2.96. The van der Waals surface area contributed by atoms with Crippen molar-refractivity contribution in [1.82, 2.24) is 15.1 Å². The molecule has 1 N–H and O–H groups in total. The van der Waals surface area contributed by atoms with Gasteiger partial charge in [-0.1, -0.05) is 0 Å². The van der Waals surface area contributed by atoms with E-state index in [9.17, 15) is 9.59 Å². The van der Waals surface area contributed by atoms with Gasteiger partial charge in [-0.3, -0.25) is 14.5 Å². The molecule has 2 heterocycles. The molecular weight excluding hydrogens is 258 g/mol. The molecule has 20 heavy (non-hydrogen) atoms. The predicted molar refractivity (Wildman–Crippen MR) is 75.3 cm³/mol. The number of nitrogens with one attached hydrogen (secondary N) is 1. The van der Waals surface area contributed by atoms with Crippen LogP contribution >= 0.6 is 0 Å². The molecule has 1 atom stereocenters. The molecule has 114 valence electrons. The lowest BCUT2D eigenvalue weighted by atomic mass is 10.2. The van der Waals surface area contributed by atoms with E-state index in [1.807, 2.05) is 4.90 Å². The molecule has 0 radical (unpaired) electrons. The van der Waals surface area contributed by atoms with Crippen LogP contribution in [0.25, 0.3) is 0 Å². The van der Waals surface area contributed by atoms with Gasteiger partial charge in [-0.2, -0.15) is 0 Å². The molecule has 0 aromatic heterocycles. The van der Waals surface area contributed by atoms with Crippen molar-refractivity contribution < 1.29 is 14.3 Å². The third-order valence-electron chi connectivity index (χ3n) is 4.02. The molecule has 2 saturated heterocycles. The predicted octanol–water partition coefficient (Wildman–Crippen LogP) is -0.164. The highest BCUT2D eigenvalue weighted by atomic mass is 16.5. The van der Waals surface area contributed by atoms with E-state index in [4.69, 9.17) is 4.74 Å². The summed E-state index contributed by atoms with van der Waals surface area (Å²) in [5, 5.41) is 2.94. The van der Waals surface area contributed by atoms with E-state index in [1.54, 1.807) is 6.92 Å². The molecule has 0 bridgehead atoms. The summed E-state index contributed by atoms with van der Waals surface area (Å²) in [6.07, 6.45) is 2.87. The van der Waals surface area contributed by atoms with Crippen LogP contribution in [0.4, 0.5) is 0 Å². The summed E-state index contributed by atoms with van der Waals surface area (Å²) in [6.45, 7) is 7.09. The first kappa shape index (κ1) is 15.3. The van der Waals surface area contributed by atoms with Crippen molar-refractivity contribution >= 4 is 11.8 Å². The fourth-order valence-electron chi connectivity index (χ4n) is 2.67. The van der Waals surface area contributed by atoms with E-state index in [2.05, 4.69) is 10.2 Å².